The molecule has 9 nitrogen and oxygen atoms in total. The van der Waals surface area contributed by atoms with Crippen LogP contribution in [0.2, 0.25) is 0 Å². The molecule has 1 saturated heterocycles. The first-order chi connectivity index (χ1) is 16.6. The molecule has 5 rings (SSSR count). The van der Waals surface area contributed by atoms with E-state index in [0.717, 1.165) is 11.4 Å². The molecular formula is C25H27N5O4. The minimum absolute atomic E-state index is 0.000221. The number of nitrogens with one attached hydrogen (secondary N) is 1. The van der Waals surface area contributed by atoms with Gasteiger partial charge in [-0.3, -0.25) is 4.79 Å². The number of rotatable bonds is 5. The number of para-hydroxylation sites is 1. The number of ether oxygens (including phenoxy) is 1. The molecule has 1 aromatic carbocycles. The van der Waals surface area contributed by atoms with Crippen LogP contribution in [0.3, 0.4) is 0 Å². The average Bonchev–Trinajstić information content (AvgIpc) is 3.40. The fourth-order valence-corrected chi connectivity index (χ4v) is 4.48. The average molecular weight is 462 g/mol. The van der Waals surface area contributed by atoms with E-state index < -0.39 is 0 Å². The van der Waals surface area contributed by atoms with Gasteiger partial charge in [0.15, 0.2) is 5.78 Å². The van der Waals surface area contributed by atoms with Crippen molar-refractivity contribution < 1.29 is 18.7 Å². The molecular weight excluding hydrogens is 434 g/mol. The fraction of sp³-hybridized carbons (Fsp3) is 0.360. The van der Waals surface area contributed by atoms with E-state index in [1.807, 2.05) is 47.4 Å². The summed E-state index contributed by atoms with van der Waals surface area (Å²) in [6.45, 7) is 4.36. The largest absolute Gasteiger partial charge is 0.469 e. The molecule has 0 spiro atoms. The fourth-order valence-electron chi connectivity index (χ4n) is 4.48. The lowest BCUT2D eigenvalue weighted by Gasteiger charge is -2.35. The third-order valence-electron chi connectivity index (χ3n) is 6.19. The van der Waals surface area contributed by atoms with E-state index in [9.17, 15) is 9.59 Å². The van der Waals surface area contributed by atoms with Gasteiger partial charge in [-0.05, 0) is 31.2 Å². The maximum atomic E-state index is 13.2. The highest BCUT2D eigenvalue weighted by atomic mass is 16.6. The molecule has 9 heteroatoms. The standard InChI is InChI=1S/C25H27N5O4/c1-2-33-25(32)30-12-10-29(11-13-30)24-27-19-15-17(21-9-6-14-34-21)16-20(31)22(19)23(28-24)26-18-7-4-3-5-8-18/h3-9,14,17H,2,10-13,15-16H2,1H3,(H,26,27,28). The Morgan fingerprint density at radius 1 is 1.09 bits per heavy atom. The molecule has 1 atom stereocenters. The molecule has 1 N–H and O–H groups in total. The Morgan fingerprint density at radius 2 is 1.88 bits per heavy atom. The summed E-state index contributed by atoms with van der Waals surface area (Å²) in [5, 5.41) is 3.33. The number of fused-ring (bicyclic) bond motifs is 1. The molecule has 1 aliphatic heterocycles. The van der Waals surface area contributed by atoms with Gasteiger partial charge in [0, 0.05) is 50.6 Å². The number of nitrogens with zero attached hydrogens (tertiary/aromatic N) is 4. The number of piperazine rings is 1. The van der Waals surface area contributed by atoms with Crippen molar-refractivity contribution >= 4 is 29.3 Å². The van der Waals surface area contributed by atoms with Gasteiger partial charge < -0.3 is 24.3 Å². The molecule has 0 radical (unpaired) electrons. The maximum Gasteiger partial charge on any atom is 0.409 e. The van der Waals surface area contributed by atoms with E-state index in [4.69, 9.17) is 19.1 Å². The predicted octanol–water partition coefficient (Wildman–Crippen LogP) is 4.00. The van der Waals surface area contributed by atoms with Gasteiger partial charge in [0.2, 0.25) is 5.95 Å². The number of anilines is 3. The number of hydrogen-bond acceptors (Lipinski definition) is 8. The highest BCUT2D eigenvalue weighted by Crippen LogP contribution is 2.36. The molecule has 0 bridgehead atoms. The second-order valence-electron chi connectivity index (χ2n) is 8.40. The second-order valence-corrected chi connectivity index (χ2v) is 8.40. The smallest absolute Gasteiger partial charge is 0.409 e. The van der Waals surface area contributed by atoms with Crippen molar-refractivity contribution in [3.63, 3.8) is 0 Å². The maximum absolute atomic E-state index is 13.2. The molecule has 1 aliphatic carbocycles. The van der Waals surface area contributed by atoms with Crippen LogP contribution in [0.25, 0.3) is 0 Å². The van der Waals surface area contributed by atoms with Crippen molar-refractivity contribution in [3.8, 4) is 0 Å². The van der Waals surface area contributed by atoms with E-state index >= 15 is 0 Å². The van der Waals surface area contributed by atoms with Gasteiger partial charge in [0.05, 0.1) is 24.1 Å². The van der Waals surface area contributed by atoms with Gasteiger partial charge in [0.1, 0.15) is 11.6 Å². The predicted molar refractivity (Wildman–Crippen MR) is 127 cm³/mol. The summed E-state index contributed by atoms with van der Waals surface area (Å²) in [5.74, 6) is 1.80. The van der Waals surface area contributed by atoms with E-state index in [0.29, 0.717) is 68.7 Å². The molecule has 176 valence electrons. The minimum Gasteiger partial charge on any atom is -0.469 e. The van der Waals surface area contributed by atoms with Gasteiger partial charge in [-0.1, -0.05) is 18.2 Å². The number of ketones is 1. The Morgan fingerprint density at radius 3 is 2.59 bits per heavy atom. The zero-order valence-electron chi connectivity index (χ0n) is 19.1. The normalized spacial score (nSPS) is 17.9. The van der Waals surface area contributed by atoms with Gasteiger partial charge >= 0.3 is 6.09 Å². The highest BCUT2D eigenvalue weighted by Gasteiger charge is 2.33. The molecule has 3 heterocycles. The minimum atomic E-state index is -0.299. The van der Waals surface area contributed by atoms with Crippen LogP contribution in [0.1, 0.15) is 41.1 Å². The monoisotopic (exact) mass is 461 g/mol. The van der Waals surface area contributed by atoms with Crippen molar-refractivity contribution in [2.75, 3.05) is 43.0 Å². The quantitative estimate of drug-likeness (QED) is 0.608. The van der Waals surface area contributed by atoms with Crippen LogP contribution in [0.15, 0.2) is 53.1 Å². The van der Waals surface area contributed by atoms with Crippen molar-refractivity contribution in [2.45, 2.75) is 25.7 Å². The van der Waals surface area contributed by atoms with Crippen LogP contribution in [-0.4, -0.2) is 59.5 Å². The first kappa shape index (κ1) is 21.9. The Labute approximate surface area is 197 Å². The number of aromatic nitrogens is 2. The van der Waals surface area contributed by atoms with Crippen LogP contribution < -0.4 is 10.2 Å². The summed E-state index contributed by atoms with van der Waals surface area (Å²) in [5.41, 5.74) is 2.11. The summed E-state index contributed by atoms with van der Waals surface area (Å²) in [6.07, 6.45) is 2.28. The number of hydrogen-bond donors (Lipinski definition) is 1. The van der Waals surface area contributed by atoms with Crippen LogP contribution >= 0.6 is 0 Å². The molecule has 1 unspecified atom stereocenters. The van der Waals surface area contributed by atoms with Crippen molar-refractivity contribution in [1.29, 1.82) is 0 Å². The zero-order valence-corrected chi connectivity index (χ0v) is 19.1. The zero-order chi connectivity index (χ0) is 23.5. The molecule has 34 heavy (non-hydrogen) atoms. The number of amides is 1. The molecule has 1 fully saturated rings. The van der Waals surface area contributed by atoms with E-state index in [1.165, 1.54) is 0 Å². The topological polar surface area (TPSA) is 101 Å². The first-order valence-corrected chi connectivity index (χ1v) is 11.6. The van der Waals surface area contributed by atoms with Crippen LogP contribution in [-0.2, 0) is 11.2 Å². The third kappa shape index (κ3) is 4.46. The highest BCUT2D eigenvalue weighted by molar-refractivity contribution is 6.03. The first-order valence-electron chi connectivity index (χ1n) is 11.6. The van der Waals surface area contributed by atoms with Crippen LogP contribution in [0, 0.1) is 0 Å². The summed E-state index contributed by atoms with van der Waals surface area (Å²) in [6, 6.07) is 13.4. The lowest BCUT2D eigenvalue weighted by Crippen LogP contribution is -2.49. The number of carbonyl (C=O) groups is 2. The molecule has 1 amide bonds. The van der Waals surface area contributed by atoms with Gasteiger partial charge in [-0.2, -0.15) is 4.98 Å². The van der Waals surface area contributed by atoms with Gasteiger partial charge in [-0.25, -0.2) is 9.78 Å². The Kier molecular flexibility index (Phi) is 6.16. The molecule has 2 aliphatic rings. The Hall–Kier alpha value is -3.88. The summed E-state index contributed by atoms with van der Waals surface area (Å²) in [4.78, 5) is 38.7. The number of furan rings is 1. The van der Waals surface area contributed by atoms with Gasteiger partial charge in [0.25, 0.3) is 0 Å². The lowest BCUT2D eigenvalue weighted by molar-refractivity contribution is 0.0958. The molecule has 3 aromatic rings. The second kappa shape index (κ2) is 9.54. The summed E-state index contributed by atoms with van der Waals surface area (Å²) in [7, 11) is 0. The van der Waals surface area contributed by atoms with Crippen LogP contribution in [0.5, 0.6) is 0 Å². The van der Waals surface area contributed by atoms with E-state index in [2.05, 4.69) is 5.32 Å². The van der Waals surface area contributed by atoms with Crippen molar-refractivity contribution in [3.05, 3.63) is 65.7 Å². The number of Topliss-reactive ketones (excluding diaryl/α,β-unsaturated/α-hetero) is 1. The lowest BCUT2D eigenvalue weighted by atomic mass is 9.84. The van der Waals surface area contributed by atoms with Crippen molar-refractivity contribution in [1.82, 2.24) is 14.9 Å². The Balaban J connectivity index is 1.46. The Bertz CT molecular complexity index is 1160. The molecule has 2 aromatic heterocycles. The summed E-state index contributed by atoms with van der Waals surface area (Å²) >= 11 is 0. The van der Waals surface area contributed by atoms with Crippen LogP contribution in [0.4, 0.5) is 22.2 Å². The van der Waals surface area contributed by atoms with E-state index in [-0.39, 0.29) is 17.8 Å². The molecule has 0 saturated carbocycles. The van der Waals surface area contributed by atoms with Gasteiger partial charge in [-0.15, -0.1) is 0 Å². The van der Waals surface area contributed by atoms with E-state index in [1.54, 1.807) is 18.1 Å². The number of carbonyl (C=O) groups excluding carboxylic acids is 2. The SMILES string of the molecule is CCOC(=O)N1CCN(c2nc3c(c(Nc4ccccc4)n2)C(=O)CC(c2ccco2)C3)CC1. The third-order valence-corrected chi connectivity index (χ3v) is 6.19. The number of benzene rings is 1. The van der Waals surface area contributed by atoms with Crippen molar-refractivity contribution in [2.24, 2.45) is 0 Å². The summed E-state index contributed by atoms with van der Waals surface area (Å²) < 4.78 is 10.7.